The van der Waals surface area contributed by atoms with Crippen molar-refractivity contribution in [3.63, 3.8) is 0 Å². The van der Waals surface area contributed by atoms with E-state index in [1.165, 1.54) is 18.2 Å². The summed E-state index contributed by atoms with van der Waals surface area (Å²) in [6.45, 7) is 8.60. The molecule has 0 saturated carbocycles. The summed E-state index contributed by atoms with van der Waals surface area (Å²) in [5.41, 5.74) is 2.39. The third-order valence-corrected chi connectivity index (χ3v) is 6.20. The van der Waals surface area contributed by atoms with Crippen molar-refractivity contribution >= 4 is 23.0 Å². The molecule has 1 aromatic carbocycles. The van der Waals surface area contributed by atoms with Crippen LogP contribution in [-0.4, -0.2) is 57.5 Å². The van der Waals surface area contributed by atoms with Gasteiger partial charge in [0.15, 0.2) is 0 Å². The van der Waals surface area contributed by atoms with E-state index in [0.717, 1.165) is 0 Å². The molecule has 0 amide bonds. The van der Waals surface area contributed by atoms with Gasteiger partial charge in [-0.05, 0) is 45.9 Å². The van der Waals surface area contributed by atoms with Crippen molar-refractivity contribution in [1.82, 2.24) is 15.2 Å². The van der Waals surface area contributed by atoms with E-state index in [9.17, 15) is 13.9 Å². The summed E-state index contributed by atoms with van der Waals surface area (Å²) in [5, 5.41) is 20.9. The van der Waals surface area contributed by atoms with Crippen molar-refractivity contribution < 1.29 is 18.6 Å². The number of nitrogens with one attached hydrogen (secondary N) is 2. The molecule has 0 aliphatic carbocycles. The van der Waals surface area contributed by atoms with E-state index in [1.807, 2.05) is 13.0 Å². The molecule has 1 atom stereocenters. The maximum atomic E-state index is 14.6. The van der Waals surface area contributed by atoms with Crippen LogP contribution in [0.1, 0.15) is 30.8 Å². The number of halogens is 2. The molecule has 3 N–H and O–H groups in total. The van der Waals surface area contributed by atoms with Gasteiger partial charge in [0.1, 0.15) is 35.1 Å². The Labute approximate surface area is 195 Å². The Kier molecular flexibility index (Phi) is 5.37. The summed E-state index contributed by atoms with van der Waals surface area (Å²) in [7, 11) is 0. The van der Waals surface area contributed by atoms with Crippen molar-refractivity contribution in [1.29, 1.82) is 0 Å². The number of anilines is 2. The second kappa shape index (κ2) is 8.14. The Morgan fingerprint density at radius 3 is 2.65 bits per heavy atom. The molecule has 5 rings (SSSR count). The molecule has 8 nitrogen and oxygen atoms in total. The van der Waals surface area contributed by atoms with Crippen molar-refractivity contribution in [2.75, 3.05) is 29.9 Å². The van der Waals surface area contributed by atoms with Crippen molar-refractivity contribution in [2.24, 2.45) is 4.99 Å². The van der Waals surface area contributed by atoms with Gasteiger partial charge in [-0.2, -0.15) is 5.10 Å². The van der Waals surface area contributed by atoms with Gasteiger partial charge in [0, 0.05) is 18.7 Å². The fraction of sp³-hybridized carbons (Fsp3) is 0.375. The molecule has 2 aliphatic rings. The van der Waals surface area contributed by atoms with Gasteiger partial charge in [0.25, 0.3) is 0 Å². The minimum atomic E-state index is -1.00. The average Bonchev–Trinajstić information content (AvgIpc) is 3.05. The quantitative estimate of drug-likeness (QED) is 0.540. The van der Waals surface area contributed by atoms with E-state index >= 15 is 0 Å². The average molecular weight is 469 g/mol. The number of ether oxygens (including phenoxy) is 1. The first-order valence-electron chi connectivity index (χ1n) is 11.1. The summed E-state index contributed by atoms with van der Waals surface area (Å²) < 4.78 is 35.1. The van der Waals surface area contributed by atoms with E-state index < -0.39 is 17.2 Å². The Morgan fingerprint density at radius 1 is 1.21 bits per heavy atom. The number of aromatic nitrogens is 3. The maximum Gasteiger partial charge on any atom is 0.144 e. The van der Waals surface area contributed by atoms with Gasteiger partial charge in [0.2, 0.25) is 0 Å². The first-order chi connectivity index (χ1) is 16.1. The predicted octanol–water partition coefficient (Wildman–Crippen LogP) is 3.85. The molecule has 0 radical (unpaired) electrons. The first-order valence-corrected chi connectivity index (χ1v) is 11.1. The fourth-order valence-corrected chi connectivity index (χ4v) is 4.30. The lowest BCUT2D eigenvalue weighted by atomic mass is 10.00. The third kappa shape index (κ3) is 3.82. The van der Waals surface area contributed by atoms with Crippen LogP contribution in [0, 0.1) is 25.5 Å². The van der Waals surface area contributed by atoms with Gasteiger partial charge in [0.05, 0.1) is 40.5 Å². The molecule has 1 fully saturated rings. The smallest absolute Gasteiger partial charge is 0.144 e. The maximum absolute atomic E-state index is 14.6. The van der Waals surface area contributed by atoms with Crippen LogP contribution in [0.15, 0.2) is 29.3 Å². The third-order valence-electron chi connectivity index (χ3n) is 6.20. The fourth-order valence-electron chi connectivity index (χ4n) is 4.30. The summed E-state index contributed by atoms with van der Waals surface area (Å²) in [5.74, 6) is -0.696. The highest BCUT2D eigenvalue weighted by atomic mass is 19.1. The number of amidine groups is 1. The standard InChI is InChI=1S/C24H26F2N6O2/c1-12-20-14(10-18(27-12)32-8-9-34-17(11-32)24(3,4)33)22-21(13(2)30-31-22)29-23(28-20)19-15(25)6-5-7-16(19)26/h5-7,10,17,33H,8-9,11H2,1-4H3,(H,28,29)(H,30,31)/t17-/m1/s1. The Hall–Kier alpha value is -3.37. The highest BCUT2D eigenvalue weighted by Gasteiger charge is 2.34. The number of aromatic amines is 1. The monoisotopic (exact) mass is 468 g/mol. The van der Waals surface area contributed by atoms with Gasteiger partial charge < -0.3 is 20.1 Å². The molecule has 1 saturated heterocycles. The Balaban J connectivity index is 1.66. The van der Waals surface area contributed by atoms with Crippen LogP contribution in [0.25, 0.3) is 11.3 Å². The van der Waals surface area contributed by atoms with Gasteiger partial charge in [-0.15, -0.1) is 0 Å². The lowest BCUT2D eigenvalue weighted by Crippen LogP contribution is -2.52. The summed E-state index contributed by atoms with van der Waals surface area (Å²) >= 11 is 0. The number of pyridine rings is 1. The predicted molar refractivity (Wildman–Crippen MR) is 126 cm³/mol. The minimum Gasteiger partial charge on any atom is -0.388 e. The highest BCUT2D eigenvalue weighted by molar-refractivity contribution is 6.14. The summed E-state index contributed by atoms with van der Waals surface area (Å²) in [6, 6.07) is 5.59. The zero-order valence-electron chi connectivity index (χ0n) is 19.4. The number of H-pyrrole nitrogens is 1. The van der Waals surface area contributed by atoms with E-state index in [1.54, 1.807) is 20.8 Å². The van der Waals surface area contributed by atoms with Crippen LogP contribution in [0.3, 0.4) is 0 Å². The molecule has 4 heterocycles. The van der Waals surface area contributed by atoms with E-state index in [-0.39, 0.29) is 17.5 Å². The second-order valence-corrected chi connectivity index (χ2v) is 9.18. The number of nitrogens with zero attached hydrogens (tertiary/aromatic N) is 4. The van der Waals surface area contributed by atoms with E-state index in [0.29, 0.717) is 59.5 Å². The molecular weight excluding hydrogens is 442 g/mol. The number of morpholine rings is 1. The largest absolute Gasteiger partial charge is 0.388 e. The molecule has 2 aromatic heterocycles. The lowest BCUT2D eigenvalue weighted by Gasteiger charge is -2.39. The van der Waals surface area contributed by atoms with Gasteiger partial charge in [-0.1, -0.05) is 6.07 Å². The first kappa shape index (κ1) is 22.4. The number of hydrogen-bond acceptors (Lipinski definition) is 7. The summed E-state index contributed by atoms with van der Waals surface area (Å²) in [4.78, 5) is 11.4. The molecule has 178 valence electrons. The van der Waals surface area contributed by atoms with Crippen LogP contribution in [0.2, 0.25) is 0 Å². The highest BCUT2D eigenvalue weighted by Crippen LogP contribution is 2.42. The summed E-state index contributed by atoms with van der Waals surface area (Å²) in [6.07, 6.45) is -0.374. The second-order valence-electron chi connectivity index (χ2n) is 9.18. The molecule has 0 unspecified atom stereocenters. The Morgan fingerprint density at radius 2 is 1.94 bits per heavy atom. The molecule has 0 spiro atoms. The van der Waals surface area contributed by atoms with Crippen LogP contribution in [-0.2, 0) is 4.74 Å². The zero-order valence-corrected chi connectivity index (χ0v) is 19.4. The van der Waals surface area contributed by atoms with Crippen LogP contribution in [0.5, 0.6) is 0 Å². The number of benzene rings is 1. The van der Waals surface area contributed by atoms with Crippen molar-refractivity contribution in [3.05, 3.63) is 52.9 Å². The zero-order chi connectivity index (χ0) is 24.2. The molecule has 0 bridgehead atoms. The Bertz CT molecular complexity index is 1280. The normalized spacial score (nSPS) is 18.0. The van der Waals surface area contributed by atoms with Gasteiger partial charge in [-0.25, -0.2) is 18.8 Å². The van der Waals surface area contributed by atoms with Crippen LogP contribution < -0.4 is 10.2 Å². The molecule has 10 heteroatoms. The number of aliphatic hydroxyl groups is 1. The lowest BCUT2D eigenvalue weighted by molar-refractivity contribution is -0.0929. The number of rotatable bonds is 3. The van der Waals surface area contributed by atoms with Gasteiger partial charge >= 0.3 is 0 Å². The van der Waals surface area contributed by atoms with E-state index in [2.05, 4.69) is 25.4 Å². The van der Waals surface area contributed by atoms with Crippen molar-refractivity contribution in [2.45, 2.75) is 39.4 Å². The molecular formula is C24H26F2N6O2. The minimum absolute atomic E-state index is 0.0474. The van der Waals surface area contributed by atoms with Crippen LogP contribution in [0.4, 0.5) is 26.0 Å². The van der Waals surface area contributed by atoms with Gasteiger partial charge in [-0.3, -0.25) is 5.10 Å². The van der Waals surface area contributed by atoms with Crippen LogP contribution >= 0.6 is 0 Å². The number of fused-ring (bicyclic) bond motifs is 3. The number of hydrogen-bond donors (Lipinski definition) is 3. The molecule has 2 aliphatic heterocycles. The molecule has 34 heavy (non-hydrogen) atoms. The SMILES string of the molecule is Cc1nc(N2CCO[C@@H](C(C)(C)O)C2)cc2c1N=C(c1c(F)cccc1F)Nc1c-2n[nH]c1C. The van der Waals surface area contributed by atoms with Crippen molar-refractivity contribution in [3.8, 4) is 11.3 Å². The topological polar surface area (TPSA) is 98.7 Å². The number of aliphatic imine (C=N–C) groups is 1. The molecule has 3 aromatic rings. The number of aryl methyl sites for hydroxylation is 2. The van der Waals surface area contributed by atoms with E-state index in [4.69, 9.17) is 9.72 Å².